The van der Waals surface area contributed by atoms with Crippen LogP contribution in [0.4, 0.5) is 0 Å². The molecule has 226 valence electrons. The zero-order valence-electron chi connectivity index (χ0n) is 25.7. The van der Waals surface area contributed by atoms with Gasteiger partial charge in [0.15, 0.2) is 8.32 Å². The van der Waals surface area contributed by atoms with Gasteiger partial charge in [0.25, 0.3) is 0 Å². The Labute approximate surface area is 236 Å². The van der Waals surface area contributed by atoms with Crippen molar-refractivity contribution in [3.05, 3.63) is 29.8 Å². The van der Waals surface area contributed by atoms with Gasteiger partial charge in [0.2, 0.25) is 0 Å². The van der Waals surface area contributed by atoms with E-state index in [1.165, 1.54) is 14.2 Å². The third kappa shape index (κ3) is 11.0. The van der Waals surface area contributed by atoms with E-state index in [-0.39, 0.29) is 11.1 Å². The molecule has 0 aliphatic carbocycles. The number of Topliss-reactive ketones (excluding diaryl/α,β-unsaturated/α-hetero) is 1. The van der Waals surface area contributed by atoms with Crippen molar-refractivity contribution in [2.24, 2.45) is 11.8 Å². The van der Waals surface area contributed by atoms with E-state index in [9.17, 15) is 14.5 Å². The van der Waals surface area contributed by atoms with E-state index in [4.69, 9.17) is 27.7 Å². The monoisotopic (exact) mass is 590 g/mol. The molecule has 1 rings (SSSR count). The van der Waals surface area contributed by atoms with Gasteiger partial charge >= 0.3 is 7.60 Å². The highest BCUT2D eigenvalue weighted by atomic mass is 31.2. The number of carbonyl (C=O) groups is 1. The second kappa shape index (κ2) is 15.8. The highest BCUT2D eigenvalue weighted by molar-refractivity contribution is 7.54. The summed E-state index contributed by atoms with van der Waals surface area (Å²) in [7, 11) is -0.0801. The molecule has 0 saturated heterocycles. The summed E-state index contributed by atoms with van der Waals surface area (Å²) in [5.41, 5.74) is 0.992. The van der Waals surface area contributed by atoms with Gasteiger partial charge < -0.3 is 32.8 Å². The summed E-state index contributed by atoms with van der Waals surface area (Å²) in [5, 5.41) is 11.3. The summed E-state index contributed by atoms with van der Waals surface area (Å²) >= 11 is 0. The molecule has 0 aliphatic rings. The van der Waals surface area contributed by atoms with Crippen molar-refractivity contribution in [3.8, 4) is 5.75 Å². The maximum absolute atomic E-state index is 12.9. The summed E-state index contributed by atoms with van der Waals surface area (Å²) in [6.45, 7) is 15.0. The third-order valence-corrected chi connectivity index (χ3v) is 14.1. The Bertz CT molecular complexity index is 909. The van der Waals surface area contributed by atoms with Gasteiger partial charge in [0.1, 0.15) is 17.7 Å². The summed E-state index contributed by atoms with van der Waals surface area (Å²) < 4.78 is 46.2. The van der Waals surface area contributed by atoms with E-state index in [0.29, 0.717) is 19.6 Å². The number of benzene rings is 1. The molecule has 0 fully saturated rings. The van der Waals surface area contributed by atoms with Crippen LogP contribution in [0.5, 0.6) is 5.75 Å². The first-order chi connectivity index (χ1) is 18.0. The van der Waals surface area contributed by atoms with E-state index in [2.05, 4.69) is 33.9 Å². The van der Waals surface area contributed by atoms with Crippen molar-refractivity contribution in [1.82, 2.24) is 0 Å². The normalized spacial score (nSPS) is 16.8. The van der Waals surface area contributed by atoms with Crippen molar-refractivity contribution in [3.63, 3.8) is 0 Å². The van der Waals surface area contributed by atoms with Crippen LogP contribution in [0.15, 0.2) is 24.3 Å². The van der Waals surface area contributed by atoms with Crippen LogP contribution in [0.1, 0.15) is 46.6 Å². The largest absolute Gasteiger partial charge is 0.497 e. The van der Waals surface area contributed by atoms with Gasteiger partial charge in [-0.15, -0.1) is 0 Å². The van der Waals surface area contributed by atoms with E-state index in [0.717, 1.165) is 11.3 Å². The zero-order valence-corrected chi connectivity index (χ0v) is 27.6. The first-order valence-electron chi connectivity index (χ1n) is 13.4. The van der Waals surface area contributed by atoms with Gasteiger partial charge in [-0.25, -0.2) is 0 Å². The van der Waals surface area contributed by atoms with Gasteiger partial charge in [-0.05, 0) is 35.8 Å². The molecular formula is C28H51O9PSi. The number of ether oxygens (including phenoxy) is 3. The number of carbonyl (C=O) groups excluding carboxylic acids is 1. The number of ketones is 1. The second-order valence-corrected chi connectivity index (χ2v) is 18.7. The molecule has 0 bridgehead atoms. The number of hydrogen-bond donors (Lipinski definition) is 1. The Morgan fingerprint density at radius 3 is 2.05 bits per heavy atom. The minimum absolute atomic E-state index is 0.0678. The highest BCUT2D eigenvalue weighted by Crippen LogP contribution is 2.47. The van der Waals surface area contributed by atoms with Crippen LogP contribution in [0.3, 0.4) is 0 Å². The molecule has 0 saturated carbocycles. The second-order valence-electron chi connectivity index (χ2n) is 11.6. The minimum Gasteiger partial charge on any atom is -0.497 e. The van der Waals surface area contributed by atoms with Crippen molar-refractivity contribution < 1.29 is 42.2 Å². The maximum Gasteiger partial charge on any atom is 0.337 e. The molecule has 11 heteroatoms. The third-order valence-electron chi connectivity index (χ3n) is 7.80. The Morgan fingerprint density at radius 1 is 1.03 bits per heavy atom. The Balaban J connectivity index is 3.16. The lowest BCUT2D eigenvalue weighted by molar-refractivity contribution is -0.126. The fourth-order valence-electron chi connectivity index (χ4n) is 3.89. The molecule has 1 N–H and O–H groups in total. The zero-order chi connectivity index (χ0) is 30.0. The molecule has 0 amide bonds. The Hall–Kier alpha value is -1.10. The van der Waals surface area contributed by atoms with Gasteiger partial charge in [-0.2, -0.15) is 0 Å². The number of rotatable bonds is 18. The van der Waals surface area contributed by atoms with Crippen molar-refractivity contribution in [2.45, 2.75) is 84.1 Å². The molecule has 9 nitrogen and oxygen atoms in total. The number of aliphatic hydroxyl groups is 1. The average molecular weight is 591 g/mol. The molecule has 0 spiro atoms. The van der Waals surface area contributed by atoms with Gasteiger partial charge in [-0.3, -0.25) is 9.36 Å². The number of methoxy groups -OCH3 is 2. The van der Waals surface area contributed by atoms with Crippen LogP contribution < -0.4 is 4.74 Å². The van der Waals surface area contributed by atoms with Crippen LogP contribution in [-0.4, -0.2) is 78.7 Å². The first-order valence-corrected chi connectivity index (χ1v) is 18.0. The minimum atomic E-state index is -3.55. The molecule has 39 heavy (non-hydrogen) atoms. The molecule has 5 atom stereocenters. The predicted molar refractivity (Wildman–Crippen MR) is 156 cm³/mol. The predicted octanol–water partition coefficient (Wildman–Crippen LogP) is 5.70. The average Bonchev–Trinajstić information content (AvgIpc) is 2.89. The van der Waals surface area contributed by atoms with Gasteiger partial charge in [0.05, 0.1) is 38.6 Å². The lowest BCUT2D eigenvalue weighted by Crippen LogP contribution is -2.49. The van der Waals surface area contributed by atoms with E-state index < -0.39 is 51.9 Å². The van der Waals surface area contributed by atoms with Crippen LogP contribution in [0.25, 0.3) is 0 Å². The van der Waals surface area contributed by atoms with Crippen molar-refractivity contribution in [2.75, 3.05) is 41.2 Å². The van der Waals surface area contributed by atoms with E-state index in [1.54, 1.807) is 21.1 Å². The van der Waals surface area contributed by atoms with Crippen LogP contribution >= 0.6 is 7.60 Å². The molecule has 1 aromatic carbocycles. The summed E-state index contributed by atoms with van der Waals surface area (Å²) in [6.07, 6.45) is -1.71. The molecular weight excluding hydrogens is 539 g/mol. The van der Waals surface area contributed by atoms with Gasteiger partial charge in [0, 0.05) is 39.6 Å². The van der Waals surface area contributed by atoms with Gasteiger partial charge in [-0.1, -0.05) is 46.8 Å². The van der Waals surface area contributed by atoms with Crippen LogP contribution in [-0.2, 0) is 38.9 Å². The first kappa shape index (κ1) is 35.9. The molecule has 0 aromatic heterocycles. The quantitative estimate of drug-likeness (QED) is 0.170. The van der Waals surface area contributed by atoms with Crippen LogP contribution in [0, 0.1) is 11.8 Å². The fourth-order valence-corrected chi connectivity index (χ4v) is 6.39. The standard InChI is InChI=1S/C28H51O9PSi/c1-20(25(29)19-38(31,34-8)35-9)27(30)21(2)26(37-39(10,11)28(3,4)5)16-24(18-32-6)36-17-22-12-14-23(33-7)15-13-22/h12-15,20-21,24,26-27,30H,16-19H2,1-11H3/t20-,21-,24+,26+,27+/m0/s1. The molecule has 0 unspecified atom stereocenters. The number of aliphatic hydroxyl groups excluding tert-OH is 1. The fraction of sp³-hybridized carbons (Fsp3) is 0.750. The molecule has 0 radical (unpaired) electrons. The molecule has 0 aliphatic heterocycles. The molecule has 0 heterocycles. The Morgan fingerprint density at radius 2 is 1.59 bits per heavy atom. The number of hydrogen-bond acceptors (Lipinski definition) is 9. The summed E-state index contributed by atoms with van der Waals surface area (Å²) in [4.78, 5) is 12.9. The lowest BCUT2D eigenvalue weighted by Gasteiger charge is -2.43. The van der Waals surface area contributed by atoms with E-state index in [1.807, 2.05) is 31.2 Å². The summed E-state index contributed by atoms with van der Waals surface area (Å²) in [6, 6.07) is 7.67. The molecule has 1 aromatic rings. The van der Waals surface area contributed by atoms with E-state index >= 15 is 0 Å². The maximum atomic E-state index is 12.9. The summed E-state index contributed by atoms with van der Waals surface area (Å²) in [5.74, 6) is -0.845. The Kier molecular flexibility index (Phi) is 14.5. The topological polar surface area (TPSA) is 110 Å². The SMILES string of the molecule is COC[C@@H](C[C@@H](O[Si](C)(C)C(C)(C)C)[C@H](C)[C@H](O)[C@@H](C)C(=O)CP(=O)(OC)OC)OCc1ccc(OC)cc1. The van der Waals surface area contributed by atoms with Crippen LogP contribution in [0.2, 0.25) is 18.1 Å². The highest BCUT2D eigenvalue weighted by Gasteiger charge is 2.43. The van der Waals surface area contributed by atoms with Crippen molar-refractivity contribution in [1.29, 1.82) is 0 Å². The smallest absolute Gasteiger partial charge is 0.337 e. The van der Waals surface area contributed by atoms with Crippen molar-refractivity contribution >= 4 is 21.7 Å². The lowest BCUT2D eigenvalue weighted by atomic mass is 9.85.